The SMILES string of the molecule is CCN(CC)C(C)(C)C(NC)c1c(C)ccnc1N. The van der Waals surface area contributed by atoms with Gasteiger partial charge in [0.25, 0.3) is 0 Å². The summed E-state index contributed by atoms with van der Waals surface area (Å²) < 4.78 is 0. The van der Waals surface area contributed by atoms with Gasteiger partial charge in [-0.15, -0.1) is 0 Å². The molecule has 0 saturated heterocycles. The van der Waals surface area contributed by atoms with Crippen molar-refractivity contribution in [2.45, 2.75) is 46.2 Å². The molecule has 1 unspecified atom stereocenters. The monoisotopic (exact) mass is 264 g/mol. The molecule has 0 radical (unpaired) electrons. The van der Waals surface area contributed by atoms with Crippen LogP contribution in [0.15, 0.2) is 12.3 Å². The Labute approximate surface area is 117 Å². The smallest absolute Gasteiger partial charge is 0.128 e. The number of hydrogen-bond acceptors (Lipinski definition) is 4. The van der Waals surface area contributed by atoms with Gasteiger partial charge >= 0.3 is 0 Å². The van der Waals surface area contributed by atoms with E-state index >= 15 is 0 Å². The largest absolute Gasteiger partial charge is 0.383 e. The summed E-state index contributed by atoms with van der Waals surface area (Å²) in [6.07, 6.45) is 1.77. The molecule has 0 aliphatic rings. The summed E-state index contributed by atoms with van der Waals surface area (Å²) in [5, 5.41) is 3.43. The van der Waals surface area contributed by atoms with Gasteiger partial charge in [-0.1, -0.05) is 13.8 Å². The van der Waals surface area contributed by atoms with Crippen LogP contribution in [0, 0.1) is 6.92 Å². The fraction of sp³-hybridized carbons (Fsp3) is 0.667. The van der Waals surface area contributed by atoms with Crippen LogP contribution in [0.1, 0.15) is 44.9 Å². The predicted molar refractivity (Wildman–Crippen MR) is 82.2 cm³/mol. The highest BCUT2D eigenvalue weighted by Crippen LogP contribution is 2.34. The van der Waals surface area contributed by atoms with E-state index in [1.54, 1.807) is 6.20 Å². The Morgan fingerprint density at radius 2 is 1.95 bits per heavy atom. The zero-order valence-corrected chi connectivity index (χ0v) is 13.1. The quantitative estimate of drug-likeness (QED) is 0.828. The zero-order valence-electron chi connectivity index (χ0n) is 13.1. The summed E-state index contributed by atoms with van der Waals surface area (Å²) in [6, 6.07) is 2.18. The maximum Gasteiger partial charge on any atom is 0.128 e. The Morgan fingerprint density at radius 1 is 1.37 bits per heavy atom. The molecule has 0 spiro atoms. The molecule has 0 aromatic carbocycles. The number of pyridine rings is 1. The van der Waals surface area contributed by atoms with Crippen molar-refractivity contribution in [3.8, 4) is 0 Å². The van der Waals surface area contributed by atoms with Gasteiger partial charge in [-0.05, 0) is 52.5 Å². The molecule has 4 nitrogen and oxygen atoms in total. The molecule has 1 aromatic heterocycles. The predicted octanol–water partition coefficient (Wildman–Crippen LogP) is 2.35. The summed E-state index contributed by atoms with van der Waals surface area (Å²) in [5.74, 6) is 0.625. The van der Waals surface area contributed by atoms with Gasteiger partial charge in [0.05, 0.1) is 6.04 Å². The molecule has 4 heteroatoms. The first-order chi connectivity index (χ1) is 8.89. The number of rotatable bonds is 6. The Bertz CT molecular complexity index is 390. The van der Waals surface area contributed by atoms with Crippen molar-refractivity contribution in [2.75, 3.05) is 25.9 Å². The lowest BCUT2D eigenvalue weighted by Crippen LogP contribution is -2.52. The maximum atomic E-state index is 6.11. The third-order valence-corrected chi connectivity index (χ3v) is 4.10. The van der Waals surface area contributed by atoms with E-state index in [1.807, 2.05) is 13.1 Å². The first-order valence-corrected chi connectivity index (χ1v) is 7.03. The first-order valence-electron chi connectivity index (χ1n) is 7.03. The number of nitrogen functional groups attached to an aromatic ring is 1. The van der Waals surface area contributed by atoms with Crippen molar-refractivity contribution < 1.29 is 0 Å². The van der Waals surface area contributed by atoms with Gasteiger partial charge < -0.3 is 11.1 Å². The minimum Gasteiger partial charge on any atom is -0.383 e. The number of nitrogens with zero attached hydrogens (tertiary/aromatic N) is 2. The Kier molecular flexibility index (Phi) is 5.32. The van der Waals surface area contributed by atoms with Crippen LogP contribution in [0.25, 0.3) is 0 Å². The van der Waals surface area contributed by atoms with Gasteiger partial charge in [-0.2, -0.15) is 0 Å². The van der Waals surface area contributed by atoms with Crippen molar-refractivity contribution in [1.82, 2.24) is 15.2 Å². The van der Waals surface area contributed by atoms with E-state index in [1.165, 1.54) is 5.56 Å². The Hall–Kier alpha value is -1.13. The fourth-order valence-electron chi connectivity index (χ4n) is 3.04. The van der Waals surface area contributed by atoms with Gasteiger partial charge in [0.1, 0.15) is 5.82 Å². The average Bonchev–Trinajstić information content (AvgIpc) is 2.34. The number of anilines is 1. The minimum absolute atomic E-state index is 0.0276. The summed E-state index contributed by atoms with van der Waals surface area (Å²) in [7, 11) is 1.99. The van der Waals surface area contributed by atoms with E-state index < -0.39 is 0 Å². The van der Waals surface area contributed by atoms with E-state index in [-0.39, 0.29) is 11.6 Å². The van der Waals surface area contributed by atoms with Crippen LogP contribution < -0.4 is 11.1 Å². The fourth-order valence-corrected chi connectivity index (χ4v) is 3.04. The number of aryl methyl sites for hydroxylation is 1. The van der Waals surface area contributed by atoms with Gasteiger partial charge in [-0.3, -0.25) is 4.90 Å². The highest BCUT2D eigenvalue weighted by Gasteiger charge is 2.36. The van der Waals surface area contributed by atoms with E-state index in [0.29, 0.717) is 5.82 Å². The van der Waals surface area contributed by atoms with Crippen molar-refractivity contribution in [3.63, 3.8) is 0 Å². The zero-order chi connectivity index (χ0) is 14.6. The number of nitrogens with two attached hydrogens (primary N) is 1. The lowest BCUT2D eigenvalue weighted by atomic mass is 9.85. The van der Waals surface area contributed by atoms with E-state index in [4.69, 9.17) is 5.73 Å². The summed E-state index contributed by atoms with van der Waals surface area (Å²) in [5.41, 5.74) is 8.38. The lowest BCUT2D eigenvalue weighted by molar-refractivity contribution is 0.0943. The number of aromatic nitrogens is 1. The second-order valence-corrected chi connectivity index (χ2v) is 5.47. The Morgan fingerprint density at radius 3 is 2.37 bits per heavy atom. The molecule has 0 amide bonds. The van der Waals surface area contributed by atoms with E-state index in [0.717, 1.165) is 18.7 Å². The van der Waals surface area contributed by atoms with Gasteiger partial charge in [0.2, 0.25) is 0 Å². The second kappa shape index (κ2) is 6.35. The van der Waals surface area contributed by atoms with Crippen LogP contribution in [0.4, 0.5) is 5.82 Å². The van der Waals surface area contributed by atoms with Crippen molar-refractivity contribution >= 4 is 5.82 Å². The highest BCUT2D eigenvalue weighted by atomic mass is 15.2. The van der Waals surface area contributed by atoms with E-state index in [2.05, 4.69) is 49.8 Å². The third kappa shape index (κ3) is 3.07. The van der Waals surface area contributed by atoms with Crippen LogP contribution >= 0.6 is 0 Å². The van der Waals surface area contributed by atoms with Gasteiger partial charge in [0, 0.05) is 17.3 Å². The summed E-state index contributed by atoms with van der Waals surface area (Å²) >= 11 is 0. The Balaban J connectivity index is 3.27. The molecule has 0 aliphatic heterocycles. The van der Waals surface area contributed by atoms with E-state index in [9.17, 15) is 0 Å². The number of nitrogens with one attached hydrogen (secondary N) is 1. The number of hydrogen-bond donors (Lipinski definition) is 2. The van der Waals surface area contributed by atoms with Crippen LogP contribution in [0.5, 0.6) is 0 Å². The highest BCUT2D eigenvalue weighted by molar-refractivity contribution is 5.47. The maximum absolute atomic E-state index is 6.11. The van der Waals surface area contributed by atoms with Crippen molar-refractivity contribution in [2.24, 2.45) is 0 Å². The molecule has 0 bridgehead atoms. The van der Waals surface area contributed by atoms with Crippen LogP contribution in [0.2, 0.25) is 0 Å². The third-order valence-electron chi connectivity index (χ3n) is 4.10. The summed E-state index contributed by atoms with van der Waals surface area (Å²) in [4.78, 5) is 6.70. The molecule has 0 aliphatic carbocycles. The lowest BCUT2D eigenvalue weighted by Gasteiger charge is -2.44. The molecule has 1 heterocycles. The normalized spacial score (nSPS) is 13.8. The molecule has 1 aromatic rings. The van der Waals surface area contributed by atoms with Crippen molar-refractivity contribution in [1.29, 1.82) is 0 Å². The van der Waals surface area contributed by atoms with Gasteiger partial charge in [-0.25, -0.2) is 4.98 Å². The standard InChI is InChI=1S/C15H28N4/c1-7-19(8-2)15(4,5)13(17-6)12-11(3)9-10-18-14(12)16/h9-10,13,17H,7-8H2,1-6H3,(H2,16,18). The molecule has 108 valence electrons. The van der Waals surface area contributed by atoms with Crippen LogP contribution in [-0.2, 0) is 0 Å². The van der Waals surface area contributed by atoms with Gasteiger partial charge in [0.15, 0.2) is 0 Å². The topological polar surface area (TPSA) is 54.2 Å². The molecule has 3 N–H and O–H groups in total. The summed E-state index contributed by atoms with van der Waals surface area (Å²) in [6.45, 7) is 13.0. The molecular weight excluding hydrogens is 236 g/mol. The molecule has 0 saturated carbocycles. The minimum atomic E-state index is -0.0276. The first kappa shape index (κ1) is 15.9. The molecule has 19 heavy (non-hydrogen) atoms. The van der Waals surface area contributed by atoms with Crippen LogP contribution in [-0.4, -0.2) is 35.6 Å². The molecule has 1 rings (SSSR count). The number of likely N-dealkylation sites (N-methyl/N-ethyl adjacent to an activating group) is 2. The molecule has 1 atom stereocenters. The van der Waals surface area contributed by atoms with Crippen LogP contribution in [0.3, 0.4) is 0 Å². The molecular formula is C15H28N4. The second-order valence-electron chi connectivity index (χ2n) is 5.47. The average molecular weight is 264 g/mol. The molecule has 0 fully saturated rings. The van der Waals surface area contributed by atoms with Crippen molar-refractivity contribution in [3.05, 3.63) is 23.4 Å².